The molecule has 0 fully saturated rings. The molecule has 0 aliphatic heterocycles. The van der Waals surface area contributed by atoms with Gasteiger partial charge in [0.2, 0.25) is 6.79 Å². The minimum absolute atomic E-state index is 0.0204. The van der Waals surface area contributed by atoms with Crippen molar-refractivity contribution in [3.05, 3.63) is 76.6 Å². The third-order valence-corrected chi connectivity index (χ3v) is 6.82. The fourth-order valence-corrected chi connectivity index (χ4v) is 4.81. The third-order valence-electron chi connectivity index (χ3n) is 6.82. The standard InChI is InChI=1S/C33H39NO9/c1-19-11-24(16-26(13-19)38-6)30(25-12-20(2)14-27(17-25)39-7)22(4)43-33(37)21(3)15-28(36)31-32(42-18-41-23(5)35)29(40-8)9-10-34-31/h9-14,16-17,21-22,30H,15,18H2,1-8H3/t21-,22+/m1/s1. The molecule has 10 heteroatoms. The molecule has 0 saturated carbocycles. The normalized spacial score (nSPS) is 12.2. The first-order chi connectivity index (χ1) is 20.5. The fraction of sp³-hybridized carbons (Fsp3) is 0.394. The van der Waals surface area contributed by atoms with Gasteiger partial charge in [-0.1, -0.05) is 19.1 Å². The Balaban J connectivity index is 1.85. The van der Waals surface area contributed by atoms with Crippen LogP contribution in [0.1, 0.15) is 65.9 Å². The van der Waals surface area contributed by atoms with E-state index in [-0.39, 0.29) is 29.5 Å². The summed E-state index contributed by atoms with van der Waals surface area (Å²) in [5, 5.41) is 0. The summed E-state index contributed by atoms with van der Waals surface area (Å²) in [6, 6.07) is 13.3. The van der Waals surface area contributed by atoms with Crippen molar-refractivity contribution in [3.8, 4) is 23.0 Å². The first-order valence-corrected chi connectivity index (χ1v) is 13.8. The van der Waals surface area contributed by atoms with Crippen molar-refractivity contribution in [3.63, 3.8) is 0 Å². The molecular formula is C33H39NO9. The monoisotopic (exact) mass is 593 g/mol. The summed E-state index contributed by atoms with van der Waals surface area (Å²) in [4.78, 5) is 42.0. The van der Waals surface area contributed by atoms with Gasteiger partial charge in [0, 0.05) is 31.5 Å². The number of aryl methyl sites for hydroxylation is 2. The van der Waals surface area contributed by atoms with Gasteiger partial charge in [-0.3, -0.25) is 14.4 Å². The maximum absolute atomic E-state index is 13.4. The number of rotatable bonds is 14. The van der Waals surface area contributed by atoms with Crippen LogP contribution in [0.25, 0.3) is 0 Å². The van der Waals surface area contributed by atoms with Crippen molar-refractivity contribution >= 4 is 17.7 Å². The van der Waals surface area contributed by atoms with Crippen molar-refractivity contribution in [2.75, 3.05) is 28.1 Å². The van der Waals surface area contributed by atoms with Crippen LogP contribution in [0.3, 0.4) is 0 Å². The summed E-state index contributed by atoms with van der Waals surface area (Å²) in [6.07, 6.45) is 0.587. The predicted molar refractivity (Wildman–Crippen MR) is 159 cm³/mol. The SMILES string of the molecule is COc1cc(C)cc(C(c2cc(C)cc(OC)c2)[C@H](C)OC(=O)[C@H](C)CC(=O)c2nccc(OC)c2OCOC(C)=O)c1. The Morgan fingerprint density at radius 3 is 1.93 bits per heavy atom. The second kappa shape index (κ2) is 15.0. The Hall–Kier alpha value is -4.60. The van der Waals surface area contributed by atoms with Crippen LogP contribution in [0.4, 0.5) is 0 Å². The summed E-state index contributed by atoms with van der Waals surface area (Å²) in [7, 11) is 4.62. The predicted octanol–water partition coefficient (Wildman–Crippen LogP) is 5.60. The number of ether oxygens (including phenoxy) is 6. The number of ketones is 1. The topological polar surface area (TPSA) is 119 Å². The van der Waals surface area contributed by atoms with Gasteiger partial charge in [-0.2, -0.15) is 0 Å². The van der Waals surface area contributed by atoms with Gasteiger partial charge in [0.1, 0.15) is 17.6 Å². The Bertz CT molecular complexity index is 1400. The first-order valence-electron chi connectivity index (χ1n) is 13.8. The minimum atomic E-state index is -0.802. The number of pyridine rings is 1. The van der Waals surface area contributed by atoms with Crippen LogP contribution in [0, 0.1) is 19.8 Å². The molecule has 1 heterocycles. The van der Waals surface area contributed by atoms with Crippen molar-refractivity contribution in [1.29, 1.82) is 0 Å². The number of Topliss-reactive ketones (excluding diaryl/α,β-unsaturated/α-hetero) is 1. The van der Waals surface area contributed by atoms with Crippen LogP contribution in [-0.4, -0.2) is 56.9 Å². The van der Waals surface area contributed by atoms with Crippen LogP contribution in [-0.2, 0) is 19.1 Å². The lowest BCUT2D eigenvalue weighted by atomic mass is 9.85. The highest BCUT2D eigenvalue weighted by Crippen LogP contribution is 2.36. The molecule has 3 aromatic rings. The van der Waals surface area contributed by atoms with E-state index in [9.17, 15) is 14.4 Å². The summed E-state index contributed by atoms with van der Waals surface area (Å²) in [5.41, 5.74) is 3.76. The zero-order chi connectivity index (χ0) is 31.7. The van der Waals surface area contributed by atoms with E-state index in [0.29, 0.717) is 11.5 Å². The van der Waals surface area contributed by atoms with E-state index in [2.05, 4.69) is 4.98 Å². The summed E-state index contributed by atoms with van der Waals surface area (Å²) >= 11 is 0. The fourth-order valence-electron chi connectivity index (χ4n) is 4.81. The maximum atomic E-state index is 13.4. The number of methoxy groups -OCH3 is 3. The van der Waals surface area contributed by atoms with E-state index in [1.807, 2.05) is 57.2 Å². The highest BCUT2D eigenvalue weighted by molar-refractivity contribution is 5.99. The van der Waals surface area contributed by atoms with E-state index in [4.69, 9.17) is 28.4 Å². The number of carbonyl (C=O) groups is 3. The van der Waals surface area contributed by atoms with Crippen molar-refractivity contribution in [2.24, 2.45) is 5.92 Å². The van der Waals surface area contributed by atoms with Crippen LogP contribution in [0.5, 0.6) is 23.0 Å². The van der Waals surface area contributed by atoms with Gasteiger partial charge < -0.3 is 28.4 Å². The molecule has 0 aliphatic carbocycles. The number of hydrogen-bond acceptors (Lipinski definition) is 10. The Labute approximate surface area is 252 Å². The second-order valence-electron chi connectivity index (χ2n) is 10.3. The molecule has 0 aliphatic rings. The number of nitrogens with zero attached hydrogens (tertiary/aromatic N) is 1. The Kier molecular flexibility index (Phi) is 11.5. The number of carbonyl (C=O) groups excluding carboxylic acids is 3. The van der Waals surface area contributed by atoms with Gasteiger partial charge in [0.15, 0.2) is 23.0 Å². The summed E-state index contributed by atoms with van der Waals surface area (Å²) < 4.78 is 32.7. The largest absolute Gasteiger partial charge is 0.497 e. The van der Waals surface area contributed by atoms with Crippen LogP contribution < -0.4 is 18.9 Å². The molecule has 0 bridgehead atoms. The van der Waals surface area contributed by atoms with Crippen LogP contribution >= 0.6 is 0 Å². The lowest BCUT2D eigenvalue weighted by molar-refractivity contribution is -0.153. The average Bonchev–Trinajstić information content (AvgIpc) is 2.96. The quantitative estimate of drug-likeness (QED) is 0.133. The number of esters is 2. The van der Waals surface area contributed by atoms with E-state index in [1.54, 1.807) is 21.1 Å². The molecule has 2 aromatic carbocycles. The van der Waals surface area contributed by atoms with E-state index >= 15 is 0 Å². The molecule has 0 amide bonds. The molecule has 0 saturated heterocycles. The lowest BCUT2D eigenvalue weighted by Gasteiger charge is -2.27. The maximum Gasteiger partial charge on any atom is 0.309 e. The van der Waals surface area contributed by atoms with Gasteiger partial charge >= 0.3 is 11.9 Å². The number of benzene rings is 2. The highest BCUT2D eigenvalue weighted by atomic mass is 16.7. The zero-order valence-electron chi connectivity index (χ0n) is 25.9. The number of hydrogen-bond donors (Lipinski definition) is 0. The lowest BCUT2D eigenvalue weighted by Crippen LogP contribution is -2.28. The van der Waals surface area contributed by atoms with Crippen molar-refractivity contribution < 1.29 is 42.8 Å². The minimum Gasteiger partial charge on any atom is -0.497 e. The molecular weight excluding hydrogens is 554 g/mol. The first kappa shape index (κ1) is 32.9. The van der Waals surface area contributed by atoms with Gasteiger partial charge in [0.05, 0.1) is 27.2 Å². The molecule has 10 nitrogen and oxygen atoms in total. The molecule has 0 spiro atoms. The van der Waals surface area contributed by atoms with Crippen LogP contribution in [0.2, 0.25) is 0 Å². The molecule has 43 heavy (non-hydrogen) atoms. The smallest absolute Gasteiger partial charge is 0.309 e. The van der Waals surface area contributed by atoms with Gasteiger partial charge in [-0.05, 0) is 67.3 Å². The molecule has 0 N–H and O–H groups in total. The molecule has 3 rings (SSSR count). The third kappa shape index (κ3) is 8.70. The molecule has 1 aromatic heterocycles. The van der Waals surface area contributed by atoms with Crippen molar-refractivity contribution in [2.45, 2.75) is 53.1 Å². The van der Waals surface area contributed by atoms with E-state index < -0.39 is 36.5 Å². The van der Waals surface area contributed by atoms with E-state index in [0.717, 1.165) is 22.3 Å². The van der Waals surface area contributed by atoms with Crippen LogP contribution in [0.15, 0.2) is 48.7 Å². The van der Waals surface area contributed by atoms with Crippen molar-refractivity contribution in [1.82, 2.24) is 4.98 Å². The van der Waals surface area contributed by atoms with E-state index in [1.165, 1.54) is 26.3 Å². The highest BCUT2D eigenvalue weighted by Gasteiger charge is 2.30. The molecule has 0 radical (unpaired) electrons. The Morgan fingerprint density at radius 1 is 0.837 bits per heavy atom. The molecule has 0 unspecified atom stereocenters. The zero-order valence-corrected chi connectivity index (χ0v) is 25.9. The number of aromatic nitrogens is 1. The van der Waals surface area contributed by atoms with Gasteiger partial charge in [0.25, 0.3) is 0 Å². The van der Waals surface area contributed by atoms with Gasteiger partial charge in [-0.15, -0.1) is 0 Å². The summed E-state index contributed by atoms with van der Waals surface area (Å²) in [5.74, 6) is -1.07. The second-order valence-corrected chi connectivity index (χ2v) is 10.3. The average molecular weight is 594 g/mol. The molecule has 2 atom stereocenters. The summed E-state index contributed by atoms with van der Waals surface area (Å²) in [6.45, 7) is 8.20. The van der Waals surface area contributed by atoms with Gasteiger partial charge in [-0.25, -0.2) is 4.98 Å². The Morgan fingerprint density at radius 2 is 1.42 bits per heavy atom. The molecule has 230 valence electrons.